The Hall–Kier alpha value is -2.86. The third kappa shape index (κ3) is 3.34. The molecule has 0 unspecified atom stereocenters. The summed E-state index contributed by atoms with van der Waals surface area (Å²) in [5.74, 6) is 1.09. The second-order valence-corrected chi connectivity index (χ2v) is 5.79. The van der Waals surface area contributed by atoms with Gasteiger partial charge in [-0.2, -0.15) is 0 Å². The number of aromatic nitrogens is 1. The number of morpholine rings is 1. The molecule has 6 nitrogen and oxygen atoms in total. The Balaban J connectivity index is 1.68. The molecule has 0 N–H and O–H groups in total. The fourth-order valence-electron chi connectivity index (χ4n) is 2.83. The van der Waals surface area contributed by atoms with Crippen LogP contribution in [0.25, 0.3) is 11.0 Å². The molecule has 1 aliphatic rings. The van der Waals surface area contributed by atoms with Crippen LogP contribution >= 0.6 is 0 Å². The van der Waals surface area contributed by atoms with Crippen LogP contribution in [0.2, 0.25) is 0 Å². The van der Waals surface area contributed by atoms with Gasteiger partial charge in [0.2, 0.25) is 0 Å². The molecule has 6 heteroatoms. The molecule has 4 rings (SSSR count). The zero-order valence-corrected chi connectivity index (χ0v) is 13.7. The van der Waals surface area contributed by atoms with Crippen LogP contribution < -0.4 is 15.1 Å². The summed E-state index contributed by atoms with van der Waals surface area (Å²) in [6.07, 6.45) is 1.72. The minimum absolute atomic E-state index is 0.0778. The summed E-state index contributed by atoms with van der Waals surface area (Å²) in [5, 5.41) is 0.510. The molecule has 0 atom stereocenters. The predicted molar refractivity (Wildman–Crippen MR) is 94.1 cm³/mol. The number of hydrogen-bond acceptors (Lipinski definition) is 6. The molecule has 0 aliphatic carbocycles. The van der Waals surface area contributed by atoms with Gasteiger partial charge in [0.25, 0.3) is 0 Å². The van der Waals surface area contributed by atoms with E-state index in [-0.39, 0.29) is 5.43 Å². The number of benzene rings is 1. The largest absolute Gasteiger partial charge is 0.483 e. The summed E-state index contributed by atoms with van der Waals surface area (Å²) >= 11 is 0. The second kappa shape index (κ2) is 6.94. The van der Waals surface area contributed by atoms with Gasteiger partial charge in [-0.05, 0) is 24.3 Å². The minimum atomic E-state index is -0.0778. The van der Waals surface area contributed by atoms with Gasteiger partial charge >= 0.3 is 0 Å². The first-order valence-electron chi connectivity index (χ1n) is 8.23. The topological polar surface area (TPSA) is 64.8 Å². The number of anilines is 1. The third-order valence-corrected chi connectivity index (χ3v) is 4.13. The Labute approximate surface area is 144 Å². The summed E-state index contributed by atoms with van der Waals surface area (Å²) in [7, 11) is 0. The van der Waals surface area contributed by atoms with Crippen molar-refractivity contribution in [3.63, 3.8) is 0 Å². The van der Waals surface area contributed by atoms with Crippen LogP contribution in [0.1, 0.15) is 5.69 Å². The van der Waals surface area contributed by atoms with Gasteiger partial charge in [0, 0.05) is 25.4 Å². The lowest BCUT2D eigenvalue weighted by molar-refractivity contribution is 0.120. The minimum Gasteiger partial charge on any atom is -0.483 e. The molecule has 3 aromatic rings. The fraction of sp³-hybridized carbons (Fsp3) is 0.263. The zero-order chi connectivity index (χ0) is 17.1. The molecule has 1 aromatic carbocycles. The van der Waals surface area contributed by atoms with Crippen molar-refractivity contribution in [2.45, 2.75) is 6.61 Å². The van der Waals surface area contributed by atoms with Gasteiger partial charge in [-0.25, -0.2) is 0 Å². The highest BCUT2D eigenvalue weighted by atomic mass is 16.5. The van der Waals surface area contributed by atoms with Gasteiger partial charge < -0.3 is 18.8 Å². The quantitative estimate of drug-likeness (QED) is 0.729. The highest BCUT2D eigenvalue weighted by Crippen LogP contribution is 2.28. The first-order chi connectivity index (χ1) is 12.3. The Morgan fingerprint density at radius 3 is 2.80 bits per heavy atom. The number of rotatable bonds is 4. The summed E-state index contributed by atoms with van der Waals surface area (Å²) in [5.41, 5.74) is 1.20. The van der Waals surface area contributed by atoms with Crippen LogP contribution in [0, 0.1) is 0 Å². The van der Waals surface area contributed by atoms with E-state index in [0.29, 0.717) is 55.5 Å². The van der Waals surface area contributed by atoms with Crippen molar-refractivity contribution in [3.05, 3.63) is 64.6 Å². The smallest absolute Gasteiger partial charge is 0.200 e. The van der Waals surface area contributed by atoms with E-state index in [1.165, 1.54) is 6.07 Å². The number of nitrogens with zero attached hydrogens (tertiary/aromatic N) is 2. The Morgan fingerprint density at radius 1 is 1.12 bits per heavy atom. The van der Waals surface area contributed by atoms with Crippen LogP contribution in [0.5, 0.6) is 5.75 Å². The van der Waals surface area contributed by atoms with Crippen LogP contribution in [-0.4, -0.2) is 31.3 Å². The van der Waals surface area contributed by atoms with Crippen molar-refractivity contribution in [1.82, 2.24) is 4.98 Å². The molecule has 1 fully saturated rings. The third-order valence-electron chi connectivity index (χ3n) is 4.13. The summed E-state index contributed by atoms with van der Waals surface area (Å²) < 4.78 is 17.2. The summed E-state index contributed by atoms with van der Waals surface area (Å²) in [4.78, 5) is 18.7. The zero-order valence-electron chi connectivity index (χ0n) is 13.7. The molecule has 0 spiro atoms. The van der Waals surface area contributed by atoms with Crippen LogP contribution in [0.15, 0.2) is 57.9 Å². The normalized spacial score (nSPS) is 14.6. The Kier molecular flexibility index (Phi) is 4.35. The van der Waals surface area contributed by atoms with Crippen molar-refractivity contribution < 1.29 is 13.9 Å². The van der Waals surface area contributed by atoms with Gasteiger partial charge in [-0.15, -0.1) is 0 Å². The Morgan fingerprint density at radius 2 is 2.00 bits per heavy atom. The van der Waals surface area contributed by atoms with Crippen molar-refractivity contribution in [3.8, 4) is 5.75 Å². The lowest BCUT2D eigenvalue weighted by Gasteiger charge is -2.27. The second-order valence-electron chi connectivity index (χ2n) is 5.79. The molecule has 1 saturated heterocycles. The molecular formula is C19H18N2O4. The molecule has 0 amide bonds. The molecule has 2 aromatic heterocycles. The van der Waals surface area contributed by atoms with Crippen molar-refractivity contribution >= 4 is 16.9 Å². The standard InChI is InChI=1S/C19H18N2O4/c22-16-12-18(21-8-10-23-11-9-21)25-19-15(16)5-3-6-17(19)24-13-14-4-1-2-7-20-14/h1-7,12H,8-11,13H2. The average molecular weight is 338 g/mol. The lowest BCUT2D eigenvalue weighted by atomic mass is 10.2. The Bertz CT molecular complexity index is 918. The van der Waals surface area contributed by atoms with Crippen LogP contribution in [0.4, 0.5) is 5.88 Å². The van der Waals surface area contributed by atoms with Crippen molar-refractivity contribution in [2.24, 2.45) is 0 Å². The van der Waals surface area contributed by atoms with E-state index in [1.54, 1.807) is 24.4 Å². The maximum absolute atomic E-state index is 12.5. The highest BCUT2D eigenvalue weighted by Gasteiger charge is 2.17. The van der Waals surface area contributed by atoms with E-state index in [9.17, 15) is 4.79 Å². The average Bonchev–Trinajstić information content (AvgIpc) is 2.68. The molecule has 25 heavy (non-hydrogen) atoms. The number of fused-ring (bicyclic) bond motifs is 1. The summed E-state index contributed by atoms with van der Waals surface area (Å²) in [6.45, 7) is 2.96. The fourth-order valence-corrected chi connectivity index (χ4v) is 2.83. The first kappa shape index (κ1) is 15.7. The molecule has 3 heterocycles. The lowest BCUT2D eigenvalue weighted by Crippen LogP contribution is -2.36. The van der Waals surface area contributed by atoms with Gasteiger partial charge in [-0.1, -0.05) is 12.1 Å². The molecule has 128 valence electrons. The van der Waals surface area contributed by atoms with Crippen molar-refractivity contribution in [1.29, 1.82) is 0 Å². The number of pyridine rings is 1. The maximum atomic E-state index is 12.5. The molecular weight excluding hydrogens is 320 g/mol. The maximum Gasteiger partial charge on any atom is 0.200 e. The van der Waals surface area contributed by atoms with Gasteiger partial charge in [-0.3, -0.25) is 9.78 Å². The van der Waals surface area contributed by atoms with Crippen LogP contribution in [-0.2, 0) is 11.3 Å². The van der Waals surface area contributed by atoms with E-state index in [1.807, 2.05) is 23.1 Å². The molecule has 0 saturated carbocycles. The van der Waals surface area contributed by atoms with Gasteiger partial charge in [0.15, 0.2) is 22.6 Å². The monoisotopic (exact) mass is 338 g/mol. The number of hydrogen-bond donors (Lipinski definition) is 0. The first-order valence-corrected chi connectivity index (χ1v) is 8.23. The van der Waals surface area contributed by atoms with Gasteiger partial charge in [0.05, 0.1) is 24.3 Å². The highest BCUT2D eigenvalue weighted by molar-refractivity contribution is 5.83. The molecule has 0 radical (unpaired) electrons. The van der Waals surface area contributed by atoms with E-state index in [2.05, 4.69) is 4.98 Å². The number of ether oxygens (including phenoxy) is 2. The molecule has 0 bridgehead atoms. The van der Waals surface area contributed by atoms with E-state index < -0.39 is 0 Å². The molecule has 1 aliphatic heterocycles. The van der Waals surface area contributed by atoms with E-state index in [0.717, 1.165) is 5.69 Å². The predicted octanol–water partition coefficient (Wildman–Crippen LogP) is 2.60. The van der Waals surface area contributed by atoms with Crippen LogP contribution in [0.3, 0.4) is 0 Å². The van der Waals surface area contributed by atoms with E-state index in [4.69, 9.17) is 13.9 Å². The van der Waals surface area contributed by atoms with Crippen molar-refractivity contribution in [2.75, 3.05) is 31.2 Å². The SMILES string of the molecule is O=c1cc(N2CCOCC2)oc2c(OCc3ccccn3)cccc12. The van der Waals surface area contributed by atoms with E-state index >= 15 is 0 Å². The van der Waals surface area contributed by atoms with Gasteiger partial charge in [0.1, 0.15) is 6.61 Å². The summed E-state index contributed by atoms with van der Waals surface area (Å²) in [6, 6.07) is 12.5. The number of para-hydroxylation sites is 1.